The monoisotopic (exact) mass is 326 g/mol. The van der Waals surface area contributed by atoms with Gasteiger partial charge in [-0.3, -0.25) is 4.79 Å². The van der Waals surface area contributed by atoms with Crippen molar-refractivity contribution >= 4 is 40.6 Å². The highest BCUT2D eigenvalue weighted by Crippen LogP contribution is 2.24. The van der Waals surface area contributed by atoms with Crippen LogP contribution >= 0.6 is 23.4 Å². The first-order chi connectivity index (χ1) is 10.1. The lowest BCUT2D eigenvalue weighted by Crippen LogP contribution is -2.12. The number of carbonyl (C=O) groups excluding carboxylic acids is 1. The fourth-order valence-electron chi connectivity index (χ4n) is 1.59. The number of amides is 1. The van der Waals surface area contributed by atoms with Crippen LogP contribution in [-0.2, 0) is 11.8 Å². The van der Waals surface area contributed by atoms with Crippen molar-refractivity contribution in [1.29, 1.82) is 0 Å². The van der Waals surface area contributed by atoms with Gasteiger partial charge in [0.2, 0.25) is 11.1 Å². The van der Waals surface area contributed by atoms with Gasteiger partial charge in [-0.25, -0.2) is 4.68 Å². The molecule has 0 radical (unpaired) electrons. The number of halogens is 1. The number of anilines is 2. The molecule has 21 heavy (non-hydrogen) atoms. The van der Waals surface area contributed by atoms with Crippen LogP contribution in [0.5, 0.6) is 0 Å². The smallest absolute Gasteiger partial charge is 0.224 e. The van der Waals surface area contributed by atoms with Gasteiger partial charge in [-0.1, -0.05) is 23.4 Å². The van der Waals surface area contributed by atoms with Crippen molar-refractivity contribution in [2.24, 2.45) is 7.05 Å². The second-order valence-corrected chi connectivity index (χ2v) is 5.79. The zero-order valence-electron chi connectivity index (χ0n) is 11.4. The van der Waals surface area contributed by atoms with E-state index >= 15 is 0 Å². The fourth-order valence-corrected chi connectivity index (χ4v) is 2.61. The van der Waals surface area contributed by atoms with Gasteiger partial charge >= 0.3 is 0 Å². The van der Waals surface area contributed by atoms with E-state index in [0.29, 0.717) is 22.8 Å². The summed E-state index contributed by atoms with van der Waals surface area (Å²) < 4.78 is 1.60. The second-order valence-electron chi connectivity index (χ2n) is 4.32. The summed E-state index contributed by atoms with van der Waals surface area (Å²) in [4.78, 5) is 11.8. The molecule has 0 fully saturated rings. The van der Waals surface area contributed by atoms with E-state index in [-0.39, 0.29) is 5.91 Å². The number of nitrogens with one attached hydrogen (secondary N) is 1. The van der Waals surface area contributed by atoms with Crippen LogP contribution in [-0.4, -0.2) is 31.9 Å². The van der Waals surface area contributed by atoms with Crippen molar-refractivity contribution in [3.05, 3.63) is 23.2 Å². The highest BCUT2D eigenvalue weighted by Gasteiger charge is 2.07. The molecule has 2 rings (SSSR count). The highest BCUT2D eigenvalue weighted by atomic mass is 35.5. The van der Waals surface area contributed by atoms with Crippen molar-refractivity contribution in [2.45, 2.75) is 18.0 Å². The standard InChI is InChI=1S/C12H15ClN6OS/c1-19-12(16-17-18-19)21-6-2-3-11(20)15-10-5-4-8(14)7-9(10)13/h4-5,7H,2-3,6,14H2,1H3,(H,15,20). The number of hydrogen-bond donors (Lipinski definition) is 2. The maximum absolute atomic E-state index is 11.8. The van der Waals surface area contributed by atoms with Gasteiger partial charge in [-0.05, 0) is 35.0 Å². The molecule has 0 aliphatic rings. The summed E-state index contributed by atoms with van der Waals surface area (Å²) in [6.07, 6.45) is 1.12. The lowest BCUT2D eigenvalue weighted by atomic mass is 10.2. The molecular formula is C12H15ClN6OS. The molecule has 0 spiro atoms. The van der Waals surface area contributed by atoms with E-state index in [1.54, 1.807) is 29.9 Å². The summed E-state index contributed by atoms with van der Waals surface area (Å²) in [5.41, 5.74) is 6.73. The third-order valence-electron chi connectivity index (χ3n) is 2.63. The van der Waals surface area contributed by atoms with Gasteiger partial charge < -0.3 is 11.1 Å². The van der Waals surface area contributed by atoms with Crippen LogP contribution in [0.4, 0.5) is 11.4 Å². The number of hydrogen-bond acceptors (Lipinski definition) is 6. The maximum Gasteiger partial charge on any atom is 0.224 e. The summed E-state index contributed by atoms with van der Waals surface area (Å²) in [7, 11) is 1.78. The van der Waals surface area contributed by atoms with Crippen LogP contribution in [0.2, 0.25) is 5.02 Å². The first kappa shape index (κ1) is 15.6. The lowest BCUT2D eigenvalue weighted by molar-refractivity contribution is -0.116. The topological polar surface area (TPSA) is 98.7 Å². The molecule has 3 N–H and O–H groups in total. The normalized spacial score (nSPS) is 10.6. The van der Waals surface area contributed by atoms with Gasteiger partial charge in [0.1, 0.15) is 0 Å². The Labute approximate surface area is 131 Å². The number of aryl methyl sites for hydroxylation is 1. The van der Waals surface area contributed by atoms with Crippen molar-refractivity contribution in [2.75, 3.05) is 16.8 Å². The molecule has 0 saturated carbocycles. The highest BCUT2D eigenvalue weighted by molar-refractivity contribution is 7.99. The Morgan fingerprint density at radius 3 is 3.00 bits per heavy atom. The second kappa shape index (κ2) is 7.28. The number of rotatable bonds is 6. The SMILES string of the molecule is Cn1nnnc1SCCCC(=O)Nc1ccc(N)cc1Cl. The number of nitrogen functional groups attached to an aromatic ring is 1. The molecule has 0 aliphatic carbocycles. The summed E-state index contributed by atoms with van der Waals surface area (Å²) >= 11 is 7.51. The van der Waals surface area contributed by atoms with E-state index < -0.39 is 0 Å². The Morgan fingerprint density at radius 2 is 2.33 bits per heavy atom. The number of carbonyl (C=O) groups is 1. The quantitative estimate of drug-likeness (QED) is 0.478. The van der Waals surface area contributed by atoms with E-state index in [9.17, 15) is 4.79 Å². The van der Waals surface area contributed by atoms with E-state index in [2.05, 4.69) is 20.8 Å². The van der Waals surface area contributed by atoms with Crippen LogP contribution in [0, 0.1) is 0 Å². The minimum atomic E-state index is -0.0849. The number of nitrogens with zero attached hydrogens (tertiary/aromatic N) is 4. The largest absolute Gasteiger partial charge is 0.399 e. The molecule has 0 unspecified atom stereocenters. The summed E-state index contributed by atoms with van der Waals surface area (Å²) in [5, 5.41) is 15.1. The molecular weight excluding hydrogens is 312 g/mol. The maximum atomic E-state index is 11.8. The molecule has 1 amide bonds. The third kappa shape index (κ3) is 4.61. The fraction of sp³-hybridized carbons (Fsp3) is 0.333. The molecule has 0 atom stereocenters. The van der Waals surface area contributed by atoms with E-state index in [4.69, 9.17) is 17.3 Å². The predicted molar refractivity (Wildman–Crippen MR) is 83.3 cm³/mol. The predicted octanol–water partition coefficient (Wildman–Crippen LogP) is 1.96. The first-order valence-corrected chi connectivity index (χ1v) is 7.62. The minimum absolute atomic E-state index is 0.0849. The molecule has 2 aromatic rings. The number of thioether (sulfide) groups is 1. The average molecular weight is 327 g/mol. The van der Waals surface area contributed by atoms with Crippen molar-refractivity contribution in [3.8, 4) is 0 Å². The number of nitrogens with two attached hydrogens (primary N) is 1. The molecule has 0 bridgehead atoms. The zero-order valence-corrected chi connectivity index (χ0v) is 13.0. The average Bonchev–Trinajstić information content (AvgIpc) is 2.84. The molecule has 112 valence electrons. The van der Waals surface area contributed by atoms with E-state index in [1.165, 1.54) is 11.8 Å². The Morgan fingerprint density at radius 1 is 1.52 bits per heavy atom. The summed E-state index contributed by atoms with van der Waals surface area (Å²) in [6.45, 7) is 0. The summed E-state index contributed by atoms with van der Waals surface area (Å²) in [5.74, 6) is 0.676. The Balaban J connectivity index is 1.73. The Hall–Kier alpha value is -1.80. The first-order valence-electron chi connectivity index (χ1n) is 6.26. The van der Waals surface area contributed by atoms with Crippen molar-refractivity contribution in [1.82, 2.24) is 20.2 Å². The molecule has 1 aromatic carbocycles. The molecule has 1 aromatic heterocycles. The Bertz CT molecular complexity index is 632. The zero-order chi connectivity index (χ0) is 15.2. The van der Waals surface area contributed by atoms with Crippen LogP contribution in [0.25, 0.3) is 0 Å². The molecule has 0 saturated heterocycles. The Kier molecular flexibility index (Phi) is 5.40. The molecule has 0 aliphatic heterocycles. The van der Waals surface area contributed by atoms with Crippen molar-refractivity contribution in [3.63, 3.8) is 0 Å². The van der Waals surface area contributed by atoms with Gasteiger partial charge in [0.15, 0.2) is 0 Å². The van der Waals surface area contributed by atoms with Crippen LogP contribution < -0.4 is 11.1 Å². The van der Waals surface area contributed by atoms with Crippen LogP contribution in [0.1, 0.15) is 12.8 Å². The van der Waals surface area contributed by atoms with Gasteiger partial charge in [0.25, 0.3) is 0 Å². The number of aromatic nitrogens is 4. The molecule has 1 heterocycles. The van der Waals surface area contributed by atoms with E-state index in [0.717, 1.165) is 17.3 Å². The lowest BCUT2D eigenvalue weighted by Gasteiger charge is -2.07. The van der Waals surface area contributed by atoms with Gasteiger partial charge in [0, 0.05) is 24.9 Å². The van der Waals surface area contributed by atoms with Crippen molar-refractivity contribution < 1.29 is 4.79 Å². The molecule has 9 heteroatoms. The summed E-state index contributed by atoms with van der Waals surface area (Å²) in [6, 6.07) is 4.99. The van der Waals surface area contributed by atoms with E-state index in [1.807, 2.05) is 0 Å². The molecule has 7 nitrogen and oxygen atoms in total. The van der Waals surface area contributed by atoms with Crippen LogP contribution in [0.15, 0.2) is 23.4 Å². The van der Waals surface area contributed by atoms with Gasteiger partial charge in [0.05, 0.1) is 10.7 Å². The third-order valence-corrected chi connectivity index (χ3v) is 4.04. The number of tetrazole rings is 1. The van der Waals surface area contributed by atoms with Gasteiger partial charge in [-0.15, -0.1) is 5.10 Å². The number of benzene rings is 1. The van der Waals surface area contributed by atoms with Crippen LogP contribution in [0.3, 0.4) is 0 Å². The van der Waals surface area contributed by atoms with Gasteiger partial charge in [-0.2, -0.15) is 0 Å². The minimum Gasteiger partial charge on any atom is -0.399 e.